The summed E-state index contributed by atoms with van der Waals surface area (Å²) >= 11 is 5.05. The Morgan fingerprint density at radius 2 is 1.77 bits per heavy atom. The molecular formula is C16H9N3O2S. The second-order valence-corrected chi connectivity index (χ2v) is 5.35. The van der Waals surface area contributed by atoms with E-state index in [1.165, 1.54) is 4.57 Å². The molecule has 0 saturated carbocycles. The third-order valence-corrected chi connectivity index (χ3v) is 3.97. The highest BCUT2D eigenvalue weighted by Crippen LogP contribution is 2.23. The van der Waals surface area contributed by atoms with Crippen molar-refractivity contribution in [2.75, 3.05) is 0 Å². The summed E-state index contributed by atoms with van der Waals surface area (Å²) < 4.78 is 1.25. The molecule has 6 heteroatoms. The molecule has 1 aliphatic heterocycles. The Morgan fingerprint density at radius 1 is 1.00 bits per heavy atom. The Morgan fingerprint density at radius 3 is 2.55 bits per heavy atom. The lowest BCUT2D eigenvalue weighted by Crippen LogP contribution is -2.28. The normalized spacial score (nSPS) is 13.3. The molecule has 3 aromatic rings. The van der Waals surface area contributed by atoms with Crippen LogP contribution in [0.25, 0.3) is 21.9 Å². The van der Waals surface area contributed by atoms with Gasteiger partial charge in [-0.15, -0.1) is 0 Å². The van der Waals surface area contributed by atoms with Gasteiger partial charge in [0.1, 0.15) is 5.69 Å². The molecule has 0 unspecified atom stereocenters. The van der Waals surface area contributed by atoms with Gasteiger partial charge in [0.15, 0.2) is 5.11 Å². The minimum atomic E-state index is -0.345. The summed E-state index contributed by atoms with van der Waals surface area (Å²) in [6.07, 6.45) is 3.40. The number of nitrogens with zero attached hydrogens (tertiary/aromatic N) is 2. The van der Waals surface area contributed by atoms with Crippen molar-refractivity contribution < 1.29 is 4.79 Å². The molecule has 0 saturated heterocycles. The van der Waals surface area contributed by atoms with Crippen LogP contribution >= 0.6 is 12.2 Å². The van der Waals surface area contributed by atoms with Crippen LogP contribution in [-0.2, 0) is 0 Å². The first-order chi connectivity index (χ1) is 10.6. The molecule has 1 aromatic carbocycles. The standard InChI is InChI=1S/C16H9N3O2S/c20-14-13-8-11-2-1-10(9-3-5-17-6-4-9)7-12(11)15(21)19(13)16(22)18-14/h1-8H,(H,18,20,22). The van der Waals surface area contributed by atoms with Gasteiger partial charge in [-0.3, -0.25) is 19.9 Å². The third-order valence-electron chi connectivity index (χ3n) is 3.69. The molecule has 0 spiro atoms. The number of rotatable bonds is 1. The van der Waals surface area contributed by atoms with Crippen molar-refractivity contribution in [3.8, 4) is 11.1 Å². The molecule has 1 amide bonds. The Labute approximate surface area is 130 Å². The molecule has 1 aliphatic rings. The Hall–Kier alpha value is -2.86. The molecule has 106 valence electrons. The first-order valence-electron chi connectivity index (χ1n) is 6.61. The number of fused-ring (bicyclic) bond motifs is 2. The van der Waals surface area contributed by atoms with Gasteiger partial charge in [-0.05, 0) is 53.0 Å². The van der Waals surface area contributed by atoms with Crippen molar-refractivity contribution in [2.24, 2.45) is 0 Å². The first-order valence-corrected chi connectivity index (χ1v) is 7.02. The number of carbonyl (C=O) groups excluding carboxylic acids is 1. The van der Waals surface area contributed by atoms with Crippen LogP contribution in [0.2, 0.25) is 0 Å². The van der Waals surface area contributed by atoms with Crippen molar-refractivity contribution in [3.63, 3.8) is 0 Å². The van der Waals surface area contributed by atoms with Crippen LogP contribution in [-0.4, -0.2) is 20.6 Å². The van der Waals surface area contributed by atoms with Crippen LogP contribution in [0.4, 0.5) is 0 Å². The molecule has 5 nitrogen and oxygen atoms in total. The fourth-order valence-corrected chi connectivity index (χ4v) is 2.89. The predicted octanol–water partition coefficient (Wildman–Crippen LogP) is 1.94. The largest absolute Gasteiger partial charge is 0.297 e. The summed E-state index contributed by atoms with van der Waals surface area (Å²) in [4.78, 5) is 28.4. The Bertz CT molecular complexity index is 1010. The van der Waals surface area contributed by atoms with Crippen molar-refractivity contribution >= 4 is 34.0 Å². The van der Waals surface area contributed by atoms with E-state index < -0.39 is 0 Å². The lowest BCUT2D eigenvalue weighted by atomic mass is 10.0. The molecule has 0 fully saturated rings. The summed E-state index contributed by atoms with van der Waals surface area (Å²) in [6, 6.07) is 11.0. The van der Waals surface area contributed by atoms with Gasteiger partial charge in [-0.1, -0.05) is 12.1 Å². The number of benzene rings is 1. The highest BCUT2D eigenvalue weighted by molar-refractivity contribution is 7.80. The first kappa shape index (κ1) is 12.8. The molecule has 1 N–H and O–H groups in total. The highest BCUT2D eigenvalue weighted by Gasteiger charge is 2.25. The van der Waals surface area contributed by atoms with Gasteiger partial charge in [0, 0.05) is 17.8 Å². The maximum atomic E-state index is 12.6. The summed E-state index contributed by atoms with van der Waals surface area (Å²) in [5.74, 6) is -0.345. The molecular weight excluding hydrogens is 298 g/mol. The van der Waals surface area contributed by atoms with E-state index in [1.54, 1.807) is 18.5 Å². The number of aromatic nitrogens is 2. The topological polar surface area (TPSA) is 64.0 Å². The average Bonchev–Trinajstić information content (AvgIpc) is 2.83. The van der Waals surface area contributed by atoms with E-state index in [4.69, 9.17) is 12.2 Å². The van der Waals surface area contributed by atoms with Crippen LogP contribution in [0, 0.1) is 0 Å². The lowest BCUT2D eigenvalue weighted by molar-refractivity contribution is 0.0981. The quantitative estimate of drug-likeness (QED) is 0.698. The van der Waals surface area contributed by atoms with E-state index in [1.807, 2.05) is 30.3 Å². The van der Waals surface area contributed by atoms with Crippen LogP contribution in [0.1, 0.15) is 10.5 Å². The fraction of sp³-hybridized carbons (Fsp3) is 0. The minimum absolute atomic E-state index is 0.126. The van der Waals surface area contributed by atoms with Gasteiger partial charge in [0.2, 0.25) is 0 Å². The second-order valence-electron chi connectivity index (χ2n) is 4.97. The average molecular weight is 307 g/mol. The van der Waals surface area contributed by atoms with E-state index >= 15 is 0 Å². The minimum Gasteiger partial charge on any atom is -0.297 e. The number of hydrogen-bond donors (Lipinski definition) is 1. The molecule has 2 aromatic heterocycles. The van der Waals surface area contributed by atoms with Gasteiger partial charge < -0.3 is 0 Å². The smallest absolute Gasteiger partial charge is 0.274 e. The number of amides is 1. The Kier molecular flexibility index (Phi) is 2.67. The summed E-state index contributed by atoms with van der Waals surface area (Å²) in [6.45, 7) is 0. The molecule has 0 aliphatic carbocycles. The summed E-state index contributed by atoms with van der Waals surface area (Å²) in [7, 11) is 0. The zero-order valence-corrected chi connectivity index (χ0v) is 12.1. The Balaban J connectivity index is 2.02. The maximum Gasteiger partial charge on any atom is 0.274 e. The maximum absolute atomic E-state index is 12.6. The molecule has 0 bridgehead atoms. The zero-order chi connectivity index (χ0) is 15.3. The number of nitrogens with one attached hydrogen (secondary N) is 1. The van der Waals surface area contributed by atoms with E-state index in [2.05, 4.69) is 10.3 Å². The van der Waals surface area contributed by atoms with E-state index in [0.29, 0.717) is 10.8 Å². The SMILES string of the molecule is O=C1NC(=S)n2c1cc1ccc(-c3ccncc3)cc1c2=O. The summed E-state index contributed by atoms with van der Waals surface area (Å²) in [5.41, 5.74) is 1.88. The van der Waals surface area contributed by atoms with Crippen LogP contribution in [0.15, 0.2) is 53.6 Å². The zero-order valence-electron chi connectivity index (χ0n) is 11.2. The van der Waals surface area contributed by atoms with Gasteiger partial charge in [-0.2, -0.15) is 0 Å². The highest BCUT2D eigenvalue weighted by atomic mass is 32.1. The number of hydrogen-bond acceptors (Lipinski definition) is 4. The van der Waals surface area contributed by atoms with Crippen molar-refractivity contribution in [1.82, 2.24) is 14.9 Å². The molecule has 22 heavy (non-hydrogen) atoms. The third kappa shape index (κ3) is 1.78. The van der Waals surface area contributed by atoms with Gasteiger partial charge in [-0.25, -0.2) is 4.57 Å². The van der Waals surface area contributed by atoms with Crippen LogP contribution in [0.5, 0.6) is 0 Å². The van der Waals surface area contributed by atoms with E-state index in [9.17, 15) is 9.59 Å². The fourth-order valence-electron chi connectivity index (χ4n) is 2.62. The number of carbonyl (C=O) groups is 1. The van der Waals surface area contributed by atoms with Crippen molar-refractivity contribution in [3.05, 3.63) is 64.8 Å². The summed E-state index contributed by atoms with van der Waals surface area (Å²) in [5, 5.41) is 3.86. The predicted molar refractivity (Wildman–Crippen MR) is 86.9 cm³/mol. The van der Waals surface area contributed by atoms with E-state index in [0.717, 1.165) is 11.1 Å². The van der Waals surface area contributed by atoms with Gasteiger partial charge in [0.05, 0.1) is 0 Å². The van der Waals surface area contributed by atoms with Crippen LogP contribution < -0.4 is 10.9 Å². The number of thiocarbonyl (C=S) groups is 1. The van der Waals surface area contributed by atoms with Crippen molar-refractivity contribution in [2.45, 2.75) is 0 Å². The number of pyridine rings is 2. The molecule has 0 radical (unpaired) electrons. The van der Waals surface area contributed by atoms with E-state index in [-0.39, 0.29) is 22.3 Å². The monoisotopic (exact) mass is 307 g/mol. The molecule has 4 rings (SSSR count). The van der Waals surface area contributed by atoms with Gasteiger partial charge in [0.25, 0.3) is 11.5 Å². The lowest BCUT2D eigenvalue weighted by Gasteiger charge is -2.06. The van der Waals surface area contributed by atoms with Crippen molar-refractivity contribution in [1.29, 1.82) is 0 Å². The van der Waals surface area contributed by atoms with Gasteiger partial charge >= 0.3 is 0 Å². The second kappa shape index (κ2) is 4.57. The molecule has 0 atom stereocenters. The molecule has 3 heterocycles. The van der Waals surface area contributed by atoms with Crippen LogP contribution in [0.3, 0.4) is 0 Å².